The zero-order valence-electron chi connectivity index (χ0n) is 10.4. The lowest BCUT2D eigenvalue weighted by molar-refractivity contribution is 0.107. The lowest BCUT2D eigenvalue weighted by Crippen LogP contribution is -2.55. The lowest BCUT2D eigenvalue weighted by atomic mass is 10.1. The van der Waals surface area contributed by atoms with Gasteiger partial charge in [-0.05, 0) is 6.42 Å². The van der Waals surface area contributed by atoms with Crippen molar-refractivity contribution in [3.8, 4) is 0 Å². The first-order valence-electron chi connectivity index (χ1n) is 6.13. The third-order valence-corrected chi connectivity index (χ3v) is 3.23. The van der Waals surface area contributed by atoms with Crippen LogP contribution in [0.1, 0.15) is 19.8 Å². The summed E-state index contributed by atoms with van der Waals surface area (Å²) in [5.41, 5.74) is 5.78. The summed E-state index contributed by atoms with van der Waals surface area (Å²) in [7, 11) is 1.68. The summed E-state index contributed by atoms with van der Waals surface area (Å²) in [6.45, 7) is 6.39. The first kappa shape index (κ1) is 13.3. The van der Waals surface area contributed by atoms with Gasteiger partial charge in [0.15, 0.2) is 0 Å². The van der Waals surface area contributed by atoms with Crippen molar-refractivity contribution in [3.63, 3.8) is 0 Å². The lowest BCUT2D eigenvalue weighted by Gasteiger charge is -2.38. The number of amides is 2. The molecule has 1 unspecified atom stereocenters. The van der Waals surface area contributed by atoms with E-state index in [0.717, 1.165) is 39.0 Å². The molecule has 3 N–H and O–H groups in total. The Bertz CT molecular complexity index is 214. The Labute approximate surface area is 98.0 Å². The van der Waals surface area contributed by atoms with Crippen molar-refractivity contribution < 1.29 is 4.79 Å². The molecule has 0 saturated carbocycles. The smallest absolute Gasteiger partial charge is 0.317 e. The summed E-state index contributed by atoms with van der Waals surface area (Å²) in [6, 6.07) is 0.510. The Morgan fingerprint density at radius 3 is 2.44 bits per heavy atom. The van der Waals surface area contributed by atoms with Crippen molar-refractivity contribution >= 4 is 6.03 Å². The number of carbonyl (C=O) groups excluding carboxylic acids is 1. The van der Waals surface area contributed by atoms with Crippen LogP contribution in [0.25, 0.3) is 0 Å². The molecule has 0 aromatic heterocycles. The normalized spacial score (nSPS) is 19.6. The van der Waals surface area contributed by atoms with Crippen LogP contribution in [-0.4, -0.2) is 61.6 Å². The van der Waals surface area contributed by atoms with Crippen LogP contribution < -0.4 is 11.1 Å². The summed E-state index contributed by atoms with van der Waals surface area (Å²) < 4.78 is 0. The number of rotatable bonds is 4. The molecular formula is C11H24N4O. The molecule has 0 bridgehead atoms. The highest BCUT2D eigenvalue weighted by Crippen LogP contribution is 2.10. The van der Waals surface area contributed by atoms with Crippen molar-refractivity contribution in [1.29, 1.82) is 0 Å². The predicted molar refractivity (Wildman–Crippen MR) is 65.4 cm³/mol. The van der Waals surface area contributed by atoms with Crippen LogP contribution in [0, 0.1) is 0 Å². The molecule has 0 aliphatic carbocycles. The molecule has 1 aliphatic rings. The molecule has 94 valence electrons. The van der Waals surface area contributed by atoms with Gasteiger partial charge in [-0.3, -0.25) is 4.90 Å². The molecule has 1 heterocycles. The summed E-state index contributed by atoms with van der Waals surface area (Å²) in [5, 5.41) is 2.66. The Hall–Kier alpha value is -0.810. The molecular weight excluding hydrogens is 204 g/mol. The quantitative estimate of drug-likeness (QED) is 0.716. The largest absolute Gasteiger partial charge is 0.341 e. The number of nitrogens with one attached hydrogen (secondary N) is 1. The van der Waals surface area contributed by atoms with Crippen LogP contribution >= 0.6 is 0 Å². The molecule has 1 saturated heterocycles. The maximum absolute atomic E-state index is 11.4. The second-order valence-corrected chi connectivity index (χ2v) is 4.26. The standard InChI is InChI=1S/C11H24N4O/c1-3-4-10(9-12)14-5-7-15(8-6-14)11(16)13-2/h10H,3-9,12H2,1-2H3,(H,13,16). The molecule has 1 fully saturated rings. The van der Waals surface area contributed by atoms with Crippen molar-refractivity contribution in [2.24, 2.45) is 5.73 Å². The second kappa shape index (κ2) is 6.70. The number of urea groups is 1. The maximum Gasteiger partial charge on any atom is 0.317 e. The summed E-state index contributed by atoms with van der Waals surface area (Å²) in [4.78, 5) is 15.7. The van der Waals surface area contributed by atoms with Crippen molar-refractivity contribution in [2.45, 2.75) is 25.8 Å². The first-order chi connectivity index (χ1) is 7.72. The van der Waals surface area contributed by atoms with Crippen molar-refractivity contribution in [1.82, 2.24) is 15.1 Å². The van der Waals surface area contributed by atoms with E-state index in [1.54, 1.807) is 7.05 Å². The molecule has 5 heteroatoms. The van der Waals surface area contributed by atoms with Crippen molar-refractivity contribution in [3.05, 3.63) is 0 Å². The van der Waals surface area contributed by atoms with E-state index in [-0.39, 0.29) is 6.03 Å². The highest BCUT2D eigenvalue weighted by atomic mass is 16.2. The molecule has 5 nitrogen and oxygen atoms in total. The Balaban J connectivity index is 2.38. The number of hydrogen-bond donors (Lipinski definition) is 2. The highest BCUT2D eigenvalue weighted by molar-refractivity contribution is 5.73. The van der Waals surface area contributed by atoms with Gasteiger partial charge >= 0.3 is 6.03 Å². The van der Waals surface area contributed by atoms with Crippen LogP contribution in [0.4, 0.5) is 4.79 Å². The third-order valence-electron chi connectivity index (χ3n) is 3.23. The van der Waals surface area contributed by atoms with Crippen LogP contribution in [0.5, 0.6) is 0 Å². The number of nitrogens with two attached hydrogens (primary N) is 1. The number of hydrogen-bond acceptors (Lipinski definition) is 3. The Morgan fingerprint density at radius 2 is 2.00 bits per heavy atom. The van der Waals surface area contributed by atoms with E-state index in [4.69, 9.17) is 5.73 Å². The van der Waals surface area contributed by atoms with Gasteiger partial charge in [0.25, 0.3) is 0 Å². The van der Waals surface area contributed by atoms with Gasteiger partial charge in [-0.1, -0.05) is 13.3 Å². The average molecular weight is 228 g/mol. The second-order valence-electron chi connectivity index (χ2n) is 4.26. The number of carbonyl (C=O) groups is 1. The predicted octanol–water partition coefficient (Wildman–Crippen LogP) is 0.0708. The minimum absolute atomic E-state index is 0.0273. The molecule has 0 aromatic carbocycles. The zero-order valence-corrected chi connectivity index (χ0v) is 10.4. The molecule has 2 amide bonds. The van der Waals surface area contributed by atoms with Crippen molar-refractivity contribution in [2.75, 3.05) is 39.8 Å². The first-order valence-corrected chi connectivity index (χ1v) is 6.13. The fourth-order valence-corrected chi connectivity index (χ4v) is 2.23. The molecule has 1 aliphatic heterocycles. The van der Waals surface area contributed by atoms with E-state index < -0.39 is 0 Å². The zero-order chi connectivity index (χ0) is 12.0. The Morgan fingerprint density at radius 1 is 1.38 bits per heavy atom. The average Bonchev–Trinajstić information content (AvgIpc) is 2.35. The van der Waals surface area contributed by atoms with Crippen LogP contribution in [0.3, 0.4) is 0 Å². The number of piperazine rings is 1. The van der Waals surface area contributed by atoms with E-state index in [1.807, 2.05) is 4.90 Å². The fourth-order valence-electron chi connectivity index (χ4n) is 2.23. The van der Waals surface area contributed by atoms with Gasteiger partial charge in [0.05, 0.1) is 0 Å². The summed E-state index contributed by atoms with van der Waals surface area (Å²) in [5.74, 6) is 0. The molecule has 1 atom stereocenters. The molecule has 16 heavy (non-hydrogen) atoms. The van der Waals surface area contributed by atoms with Gasteiger partial charge in [-0.2, -0.15) is 0 Å². The van der Waals surface area contributed by atoms with Gasteiger partial charge in [0.1, 0.15) is 0 Å². The van der Waals surface area contributed by atoms with Crippen LogP contribution in [-0.2, 0) is 0 Å². The van der Waals surface area contributed by atoms with E-state index >= 15 is 0 Å². The highest BCUT2D eigenvalue weighted by Gasteiger charge is 2.24. The Kier molecular flexibility index (Phi) is 5.55. The monoisotopic (exact) mass is 228 g/mol. The SMILES string of the molecule is CCCC(CN)N1CCN(C(=O)NC)CC1. The van der Waals surface area contributed by atoms with Gasteiger partial charge in [0, 0.05) is 45.8 Å². The van der Waals surface area contributed by atoms with Crippen LogP contribution in [0.2, 0.25) is 0 Å². The van der Waals surface area contributed by atoms with Gasteiger partial charge in [0.2, 0.25) is 0 Å². The van der Waals surface area contributed by atoms with Gasteiger partial charge < -0.3 is 16.0 Å². The van der Waals surface area contributed by atoms with E-state index in [1.165, 1.54) is 0 Å². The van der Waals surface area contributed by atoms with E-state index in [9.17, 15) is 4.79 Å². The topological polar surface area (TPSA) is 61.6 Å². The molecule has 0 radical (unpaired) electrons. The molecule has 1 rings (SSSR count). The van der Waals surface area contributed by atoms with E-state index in [2.05, 4.69) is 17.1 Å². The summed E-state index contributed by atoms with van der Waals surface area (Å²) >= 11 is 0. The minimum Gasteiger partial charge on any atom is -0.341 e. The maximum atomic E-state index is 11.4. The van der Waals surface area contributed by atoms with Gasteiger partial charge in [-0.25, -0.2) is 4.79 Å². The molecule has 0 spiro atoms. The van der Waals surface area contributed by atoms with Gasteiger partial charge in [-0.15, -0.1) is 0 Å². The van der Waals surface area contributed by atoms with E-state index in [0.29, 0.717) is 12.6 Å². The van der Waals surface area contributed by atoms with Crippen LogP contribution in [0.15, 0.2) is 0 Å². The number of nitrogens with zero attached hydrogens (tertiary/aromatic N) is 2. The fraction of sp³-hybridized carbons (Fsp3) is 0.909. The molecule has 0 aromatic rings. The minimum atomic E-state index is 0.0273. The third kappa shape index (κ3) is 3.35. The summed E-state index contributed by atoms with van der Waals surface area (Å²) in [6.07, 6.45) is 2.31.